The van der Waals surface area contributed by atoms with E-state index in [0.717, 1.165) is 17.1 Å². The number of benzene rings is 1. The van der Waals surface area contributed by atoms with Crippen molar-refractivity contribution in [2.45, 2.75) is 0 Å². The molecule has 0 saturated heterocycles. The minimum absolute atomic E-state index is 0.214. The lowest BCUT2D eigenvalue weighted by Gasteiger charge is -1.91. The lowest BCUT2D eigenvalue weighted by Crippen LogP contribution is -1.81. The van der Waals surface area contributed by atoms with Crippen LogP contribution in [0.25, 0.3) is 34.4 Å². The number of aromatic nitrogens is 4. The van der Waals surface area contributed by atoms with Crippen LogP contribution < -0.4 is 0 Å². The Labute approximate surface area is 143 Å². The minimum Gasteiger partial charge on any atom is -0.355 e. The first-order valence-corrected chi connectivity index (χ1v) is 7.92. The first-order chi connectivity index (χ1) is 11.2. The van der Waals surface area contributed by atoms with Gasteiger partial charge in [0.1, 0.15) is 15.1 Å². The SMILES string of the molecule is Clc1snc(-c2noc(-c3cc(-c4ccccc4)on3)n2)c1Cl. The minimum atomic E-state index is 0.214. The van der Waals surface area contributed by atoms with Crippen molar-refractivity contribution in [3.63, 3.8) is 0 Å². The fourth-order valence-corrected chi connectivity index (χ4v) is 2.93. The van der Waals surface area contributed by atoms with Crippen molar-refractivity contribution >= 4 is 34.7 Å². The lowest BCUT2D eigenvalue weighted by molar-refractivity contribution is 0.411. The average Bonchev–Trinajstić information content (AvgIpc) is 3.29. The van der Waals surface area contributed by atoms with E-state index in [2.05, 4.69) is 19.7 Å². The Balaban J connectivity index is 1.68. The maximum Gasteiger partial charge on any atom is 0.280 e. The van der Waals surface area contributed by atoms with Gasteiger partial charge in [-0.2, -0.15) is 9.36 Å². The van der Waals surface area contributed by atoms with Gasteiger partial charge in [0.15, 0.2) is 11.5 Å². The second-order valence-corrected chi connectivity index (χ2v) is 6.24. The normalized spacial score (nSPS) is 11.0. The quantitative estimate of drug-likeness (QED) is 0.518. The molecule has 0 unspecified atom stereocenters. The van der Waals surface area contributed by atoms with E-state index in [0.29, 0.717) is 26.5 Å². The summed E-state index contributed by atoms with van der Waals surface area (Å²) in [6, 6.07) is 11.3. The van der Waals surface area contributed by atoms with Crippen LogP contribution in [-0.2, 0) is 0 Å². The Hall–Kier alpha value is -2.22. The molecule has 3 heterocycles. The average molecular weight is 365 g/mol. The molecule has 1 aromatic carbocycles. The van der Waals surface area contributed by atoms with E-state index in [-0.39, 0.29) is 11.7 Å². The second kappa shape index (κ2) is 5.77. The first kappa shape index (κ1) is 14.4. The van der Waals surface area contributed by atoms with Crippen molar-refractivity contribution < 1.29 is 9.05 Å². The number of nitrogens with zero attached hydrogens (tertiary/aromatic N) is 4. The molecule has 114 valence electrons. The molecule has 0 N–H and O–H groups in total. The van der Waals surface area contributed by atoms with Crippen LogP contribution in [0.3, 0.4) is 0 Å². The van der Waals surface area contributed by atoms with Crippen LogP contribution in [0.15, 0.2) is 45.4 Å². The fourth-order valence-electron chi connectivity index (χ4n) is 1.94. The van der Waals surface area contributed by atoms with Crippen molar-refractivity contribution in [2.24, 2.45) is 0 Å². The molecule has 0 radical (unpaired) electrons. The summed E-state index contributed by atoms with van der Waals surface area (Å²) in [5.74, 6) is 1.07. The molecule has 0 aliphatic carbocycles. The number of halogens is 2. The molecule has 0 aliphatic heterocycles. The molecule has 0 aliphatic rings. The van der Waals surface area contributed by atoms with E-state index in [1.165, 1.54) is 0 Å². The number of hydrogen-bond acceptors (Lipinski definition) is 7. The second-order valence-electron chi connectivity index (χ2n) is 4.48. The maximum absolute atomic E-state index is 6.04. The van der Waals surface area contributed by atoms with Crippen molar-refractivity contribution in [3.05, 3.63) is 45.8 Å². The van der Waals surface area contributed by atoms with Gasteiger partial charge < -0.3 is 9.05 Å². The summed E-state index contributed by atoms with van der Waals surface area (Å²) in [5.41, 5.74) is 1.71. The topological polar surface area (TPSA) is 77.8 Å². The highest BCUT2D eigenvalue weighted by atomic mass is 35.5. The highest BCUT2D eigenvalue weighted by Crippen LogP contribution is 2.35. The Morgan fingerprint density at radius 3 is 2.57 bits per heavy atom. The Bertz CT molecular complexity index is 964. The van der Waals surface area contributed by atoms with Crippen LogP contribution >= 0.6 is 34.7 Å². The lowest BCUT2D eigenvalue weighted by atomic mass is 10.2. The van der Waals surface area contributed by atoms with E-state index in [1.54, 1.807) is 6.07 Å². The third-order valence-electron chi connectivity index (χ3n) is 3.02. The Morgan fingerprint density at radius 1 is 1.00 bits per heavy atom. The summed E-state index contributed by atoms with van der Waals surface area (Å²) in [6.45, 7) is 0. The zero-order valence-electron chi connectivity index (χ0n) is 11.2. The summed E-state index contributed by atoms with van der Waals surface area (Å²) in [7, 11) is 0. The largest absolute Gasteiger partial charge is 0.355 e. The van der Waals surface area contributed by atoms with E-state index < -0.39 is 0 Å². The van der Waals surface area contributed by atoms with Crippen molar-refractivity contribution in [3.8, 4) is 34.4 Å². The van der Waals surface area contributed by atoms with E-state index in [9.17, 15) is 0 Å². The molecule has 0 atom stereocenters. The summed E-state index contributed by atoms with van der Waals surface area (Å²) in [4.78, 5) is 4.23. The predicted molar refractivity (Wildman–Crippen MR) is 86.4 cm³/mol. The van der Waals surface area contributed by atoms with Gasteiger partial charge in [-0.1, -0.05) is 63.8 Å². The third kappa shape index (κ3) is 2.63. The summed E-state index contributed by atoms with van der Waals surface area (Å²) < 4.78 is 15.0. The van der Waals surface area contributed by atoms with E-state index >= 15 is 0 Å². The van der Waals surface area contributed by atoms with Gasteiger partial charge in [-0.05, 0) is 11.5 Å². The molecule has 0 amide bonds. The van der Waals surface area contributed by atoms with Crippen LogP contribution in [0, 0.1) is 0 Å². The Kier molecular flexibility index (Phi) is 3.60. The van der Waals surface area contributed by atoms with Crippen LogP contribution in [-0.4, -0.2) is 19.7 Å². The van der Waals surface area contributed by atoms with Crippen LogP contribution in [0.1, 0.15) is 0 Å². The van der Waals surface area contributed by atoms with Gasteiger partial charge in [-0.25, -0.2) is 0 Å². The summed E-state index contributed by atoms with van der Waals surface area (Å²) in [5, 5.41) is 8.10. The zero-order valence-corrected chi connectivity index (χ0v) is 13.6. The molecule has 4 rings (SSSR count). The summed E-state index contributed by atoms with van der Waals surface area (Å²) in [6.07, 6.45) is 0. The van der Waals surface area contributed by atoms with Gasteiger partial charge >= 0.3 is 0 Å². The molecule has 23 heavy (non-hydrogen) atoms. The highest BCUT2D eigenvalue weighted by Gasteiger charge is 2.20. The van der Waals surface area contributed by atoms with Crippen molar-refractivity contribution in [1.82, 2.24) is 19.7 Å². The monoisotopic (exact) mass is 364 g/mol. The molecular formula is C14H6Cl2N4O2S. The third-order valence-corrected chi connectivity index (χ3v) is 4.63. The standard InChI is InChI=1S/C14H6Cl2N4O2S/c15-10-11(20-23-12(10)16)13-17-14(22-19-13)8-6-9(21-18-8)7-4-2-1-3-5-7/h1-6H. The first-order valence-electron chi connectivity index (χ1n) is 6.39. The van der Waals surface area contributed by atoms with Crippen LogP contribution in [0.2, 0.25) is 9.36 Å². The molecule has 4 aromatic rings. The van der Waals surface area contributed by atoms with Crippen LogP contribution in [0.4, 0.5) is 0 Å². The van der Waals surface area contributed by atoms with Gasteiger partial charge in [0.25, 0.3) is 5.89 Å². The van der Waals surface area contributed by atoms with Crippen LogP contribution in [0.5, 0.6) is 0 Å². The highest BCUT2D eigenvalue weighted by molar-refractivity contribution is 7.11. The molecule has 0 bridgehead atoms. The number of rotatable bonds is 3. The molecule has 0 saturated carbocycles. The number of hydrogen-bond donors (Lipinski definition) is 0. The summed E-state index contributed by atoms with van der Waals surface area (Å²) >= 11 is 13.0. The Morgan fingerprint density at radius 2 is 1.83 bits per heavy atom. The predicted octanol–water partition coefficient (Wildman–Crippen LogP) is 4.82. The fraction of sp³-hybridized carbons (Fsp3) is 0. The van der Waals surface area contributed by atoms with E-state index in [4.69, 9.17) is 32.2 Å². The molecular weight excluding hydrogens is 359 g/mol. The van der Waals surface area contributed by atoms with Gasteiger partial charge in [-0.3, -0.25) is 0 Å². The molecule has 3 aromatic heterocycles. The molecule has 9 heteroatoms. The molecule has 0 spiro atoms. The van der Waals surface area contributed by atoms with Gasteiger partial charge in [0, 0.05) is 11.6 Å². The van der Waals surface area contributed by atoms with Gasteiger partial charge in [0.2, 0.25) is 5.82 Å². The maximum atomic E-state index is 6.04. The van der Waals surface area contributed by atoms with E-state index in [1.807, 2.05) is 30.3 Å². The van der Waals surface area contributed by atoms with Crippen molar-refractivity contribution in [2.75, 3.05) is 0 Å². The molecule has 0 fully saturated rings. The molecule has 6 nitrogen and oxygen atoms in total. The zero-order chi connectivity index (χ0) is 15.8. The van der Waals surface area contributed by atoms with Gasteiger partial charge in [0.05, 0.1) is 0 Å². The van der Waals surface area contributed by atoms with Gasteiger partial charge in [-0.15, -0.1) is 0 Å². The smallest absolute Gasteiger partial charge is 0.280 e. The van der Waals surface area contributed by atoms with Crippen molar-refractivity contribution in [1.29, 1.82) is 0 Å².